The van der Waals surface area contributed by atoms with Crippen LogP contribution in [0.5, 0.6) is 0 Å². The third-order valence-corrected chi connectivity index (χ3v) is 6.34. The molecule has 0 radical (unpaired) electrons. The standard InChI is InChI=1S/C20H19ClN2O3S/c21-13-7-9-15(10-8-13)23-18(24)12-16(19(23)25)22(14-4-1-2-5-14)20(26)17-6-3-11-27-17/h3,6-11,14,16H,1-2,4-5,12H2. The molecule has 140 valence electrons. The zero-order valence-electron chi connectivity index (χ0n) is 14.6. The van der Waals surface area contributed by atoms with Crippen molar-refractivity contribution in [3.8, 4) is 0 Å². The van der Waals surface area contributed by atoms with Crippen molar-refractivity contribution in [1.29, 1.82) is 0 Å². The number of benzene rings is 1. The molecule has 1 atom stereocenters. The summed E-state index contributed by atoms with van der Waals surface area (Å²) in [5.41, 5.74) is 0.492. The van der Waals surface area contributed by atoms with E-state index in [0.717, 1.165) is 25.7 Å². The van der Waals surface area contributed by atoms with Crippen molar-refractivity contribution in [2.45, 2.75) is 44.2 Å². The van der Waals surface area contributed by atoms with Crippen molar-refractivity contribution in [3.63, 3.8) is 0 Å². The highest BCUT2D eigenvalue weighted by Gasteiger charge is 2.47. The Balaban J connectivity index is 1.66. The first-order chi connectivity index (χ1) is 13.1. The molecule has 0 bridgehead atoms. The average Bonchev–Trinajstić information content (AvgIpc) is 3.40. The molecule has 2 fully saturated rings. The Morgan fingerprint density at radius 2 is 1.81 bits per heavy atom. The molecular formula is C20H19ClN2O3S. The van der Waals surface area contributed by atoms with Gasteiger partial charge in [0, 0.05) is 11.1 Å². The number of hydrogen-bond acceptors (Lipinski definition) is 4. The molecule has 1 aromatic carbocycles. The second kappa shape index (κ2) is 7.44. The van der Waals surface area contributed by atoms with Crippen LogP contribution in [0.15, 0.2) is 41.8 Å². The van der Waals surface area contributed by atoms with Gasteiger partial charge < -0.3 is 4.90 Å². The Labute approximate surface area is 166 Å². The largest absolute Gasteiger partial charge is 0.322 e. The van der Waals surface area contributed by atoms with Gasteiger partial charge >= 0.3 is 0 Å². The van der Waals surface area contributed by atoms with Gasteiger partial charge in [-0.1, -0.05) is 30.5 Å². The topological polar surface area (TPSA) is 57.7 Å². The lowest BCUT2D eigenvalue weighted by molar-refractivity contribution is -0.123. The summed E-state index contributed by atoms with van der Waals surface area (Å²) in [7, 11) is 0. The third-order valence-electron chi connectivity index (χ3n) is 5.23. The van der Waals surface area contributed by atoms with E-state index in [1.54, 1.807) is 35.2 Å². The molecule has 1 saturated heterocycles. The molecule has 0 spiro atoms. The van der Waals surface area contributed by atoms with E-state index in [9.17, 15) is 14.4 Å². The van der Waals surface area contributed by atoms with Crippen LogP contribution in [0.3, 0.4) is 0 Å². The summed E-state index contributed by atoms with van der Waals surface area (Å²) in [6.07, 6.45) is 3.84. The molecular weight excluding hydrogens is 384 g/mol. The van der Waals surface area contributed by atoms with Gasteiger partial charge in [-0.2, -0.15) is 0 Å². The van der Waals surface area contributed by atoms with Crippen molar-refractivity contribution < 1.29 is 14.4 Å². The molecule has 1 saturated carbocycles. The maximum atomic E-state index is 13.2. The molecule has 4 rings (SSSR count). The number of amides is 3. The molecule has 27 heavy (non-hydrogen) atoms. The second-order valence-electron chi connectivity index (χ2n) is 6.89. The Morgan fingerprint density at radius 1 is 1.11 bits per heavy atom. The molecule has 3 amide bonds. The number of carbonyl (C=O) groups excluding carboxylic acids is 3. The highest BCUT2D eigenvalue weighted by molar-refractivity contribution is 7.12. The maximum absolute atomic E-state index is 13.2. The number of anilines is 1. The van der Waals surface area contributed by atoms with E-state index in [4.69, 9.17) is 11.6 Å². The summed E-state index contributed by atoms with van der Waals surface area (Å²) in [6.45, 7) is 0. The lowest BCUT2D eigenvalue weighted by Gasteiger charge is -2.32. The zero-order chi connectivity index (χ0) is 19.0. The van der Waals surface area contributed by atoms with Crippen LogP contribution in [0.4, 0.5) is 5.69 Å². The number of thiophene rings is 1. The molecule has 5 nitrogen and oxygen atoms in total. The molecule has 7 heteroatoms. The normalized spacial score (nSPS) is 20.5. The lowest BCUT2D eigenvalue weighted by Crippen LogP contribution is -2.49. The van der Waals surface area contributed by atoms with E-state index in [1.807, 2.05) is 11.4 Å². The fourth-order valence-electron chi connectivity index (χ4n) is 3.97. The smallest absolute Gasteiger partial charge is 0.264 e. The van der Waals surface area contributed by atoms with E-state index < -0.39 is 6.04 Å². The van der Waals surface area contributed by atoms with Crippen LogP contribution in [0.2, 0.25) is 5.02 Å². The number of halogens is 1. The van der Waals surface area contributed by atoms with Gasteiger partial charge in [-0.3, -0.25) is 14.4 Å². The fraction of sp³-hybridized carbons (Fsp3) is 0.350. The number of hydrogen-bond donors (Lipinski definition) is 0. The molecule has 2 heterocycles. The second-order valence-corrected chi connectivity index (χ2v) is 8.28. The van der Waals surface area contributed by atoms with Gasteiger partial charge in [0.05, 0.1) is 17.0 Å². The highest BCUT2D eigenvalue weighted by atomic mass is 35.5. The first kappa shape index (κ1) is 18.2. The zero-order valence-corrected chi connectivity index (χ0v) is 16.2. The number of nitrogens with zero attached hydrogens (tertiary/aromatic N) is 2. The van der Waals surface area contributed by atoms with Gasteiger partial charge in [0.2, 0.25) is 5.91 Å². The van der Waals surface area contributed by atoms with E-state index in [1.165, 1.54) is 16.2 Å². The summed E-state index contributed by atoms with van der Waals surface area (Å²) in [4.78, 5) is 42.4. The van der Waals surface area contributed by atoms with Crippen molar-refractivity contribution in [2.24, 2.45) is 0 Å². The average molecular weight is 403 g/mol. The van der Waals surface area contributed by atoms with E-state index in [-0.39, 0.29) is 30.2 Å². The van der Waals surface area contributed by atoms with Gasteiger partial charge in [-0.05, 0) is 48.6 Å². The van der Waals surface area contributed by atoms with Gasteiger partial charge in [-0.25, -0.2) is 4.90 Å². The van der Waals surface area contributed by atoms with E-state index in [0.29, 0.717) is 15.6 Å². The summed E-state index contributed by atoms with van der Waals surface area (Å²) >= 11 is 7.28. The van der Waals surface area contributed by atoms with Crippen LogP contribution >= 0.6 is 22.9 Å². The fourth-order valence-corrected chi connectivity index (χ4v) is 4.76. The Bertz CT molecular complexity index is 860. The summed E-state index contributed by atoms with van der Waals surface area (Å²) in [5.74, 6) is -0.769. The molecule has 2 aromatic rings. The maximum Gasteiger partial charge on any atom is 0.264 e. The first-order valence-corrected chi connectivity index (χ1v) is 10.3. The van der Waals surface area contributed by atoms with Gasteiger partial charge in [-0.15, -0.1) is 11.3 Å². The molecule has 0 N–H and O–H groups in total. The summed E-state index contributed by atoms with van der Waals surface area (Å²) in [6, 6.07) is 9.47. The molecule has 1 unspecified atom stereocenters. The van der Waals surface area contributed by atoms with E-state index in [2.05, 4.69) is 0 Å². The van der Waals surface area contributed by atoms with Crippen molar-refractivity contribution in [3.05, 3.63) is 51.7 Å². The quantitative estimate of drug-likeness (QED) is 0.723. The van der Waals surface area contributed by atoms with Crippen LogP contribution in [-0.2, 0) is 9.59 Å². The van der Waals surface area contributed by atoms with Gasteiger partial charge in [0.1, 0.15) is 6.04 Å². The SMILES string of the molecule is O=C1CC(N(C(=O)c2cccs2)C2CCCC2)C(=O)N1c1ccc(Cl)cc1. The van der Waals surface area contributed by atoms with Crippen molar-refractivity contribution in [1.82, 2.24) is 4.90 Å². The van der Waals surface area contributed by atoms with Gasteiger partial charge in [0.15, 0.2) is 0 Å². The predicted molar refractivity (Wildman–Crippen MR) is 105 cm³/mol. The summed E-state index contributed by atoms with van der Waals surface area (Å²) in [5, 5.41) is 2.39. The minimum atomic E-state index is -0.745. The lowest BCUT2D eigenvalue weighted by atomic mass is 10.1. The summed E-state index contributed by atoms with van der Waals surface area (Å²) < 4.78 is 0. The molecule has 2 aliphatic rings. The minimum absolute atomic E-state index is 0.00604. The number of carbonyl (C=O) groups is 3. The van der Waals surface area contributed by atoms with Crippen LogP contribution in [0, 0.1) is 0 Å². The van der Waals surface area contributed by atoms with Crippen LogP contribution in [0.1, 0.15) is 41.8 Å². The predicted octanol–water partition coefficient (Wildman–Crippen LogP) is 4.12. The van der Waals surface area contributed by atoms with Crippen LogP contribution < -0.4 is 4.90 Å². The molecule has 1 aliphatic carbocycles. The number of imide groups is 1. The Hall–Kier alpha value is -2.18. The Morgan fingerprint density at radius 3 is 2.44 bits per heavy atom. The molecule has 1 aliphatic heterocycles. The van der Waals surface area contributed by atoms with Gasteiger partial charge in [0.25, 0.3) is 11.8 Å². The number of rotatable bonds is 4. The Kier molecular flexibility index (Phi) is 5.02. The first-order valence-electron chi connectivity index (χ1n) is 9.05. The molecule has 1 aromatic heterocycles. The third kappa shape index (κ3) is 3.39. The highest BCUT2D eigenvalue weighted by Crippen LogP contribution is 2.33. The van der Waals surface area contributed by atoms with Crippen molar-refractivity contribution >= 4 is 46.3 Å². The van der Waals surface area contributed by atoms with Crippen molar-refractivity contribution in [2.75, 3.05) is 4.90 Å². The van der Waals surface area contributed by atoms with Crippen LogP contribution in [-0.4, -0.2) is 34.7 Å². The van der Waals surface area contributed by atoms with Crippen LogP contribution in [0.25, 0.3) is 0 Å². The minimum Gasteiger partial charge on any atom is -0.322 e. The van der Waals surface area contributed by atoms with E-state index >= 15 is 0 Å². The monoisotopic (exact) mass is 402 g/mol.